The molecule has 1 aliphatic heterocycles. The van der Waals surface area contributed by atoms with Crippen LogP contribution in [-0.2, 0) is 14.8 Å². The summed E-state index contributed by atoms with van der Waals surface area (Å²) in [5.74, 6) is -0.260. The van der Waals surface area contributed by atoms with Crippen LogP contribution in [-0.4, -0.2) is 31.6 Å². The van der Waals surface area contributed by atoms with Crippen molar-refractivity contribution < 1.29 is 13.2 Å². The Bertz CT molecular complexity index is 655. The van der Waals surface area contributed by atoms with Gasteiger partial charge in [-0.25, -0.2) is 8.42 Å². The topological polar surface area (TPSA) is 54.5 Å². The molecule has 1 atom stereocenters. The van der Waals surface area contributed by atoms with Gasteiger partial charge in [-0.1, -0.05) is 39.1 Å². The Hall–Kier alpha value is -0.140. The first kappa shape index (κ1) is 17.2. The normalized spacial score (nSPS) is 20.5. The smallest absolute Gasteiger partial charge is 0.246 e. The van der Waals surface area contributed by atoms with Crippen molar-refractivity contribution in [2.24, 2.45) is 5.92 Å². The van der Waals surface area contributed by atoms with Gasteiger partial charge in [0, 0.05) is 23.5 Å². The molecule has 1 aromatic rings. The molecule has 0 bridgehead atoms. The van der Waals surface area contributed by atoms with Crippen LogP contribution >= 0.6 is 39.1 Å². The van der Waals surface area contributed by atoms with E-state index in [-0.39, 0.29) is 33.2 Å². The maximum Gasteiger partial charge on any atom is 0.246 e. The second kappa shape index (κ2) is 6.54. The third kappa shape index (κ3) is 3.62. The maximum absolute atomic E-state index is 12.7. The van der Waals surface area contributed by atoms with Gasteiger partial charge < -0.3 is 0 Å². The van der Waals surface area contributed by atoms with E-state index >= 15 is 0 Å². The van der Waals surface area contributed by atoms with Crippen molar-refractivity contribution in [3.63, 3.8) is 0 Å². The number of halogens is 3. The van der Waals surface area contributed by atoms with Gasteiger partial charge in [0.2, 0.25) is 10.0 Å². The Morgan fingerprint density at radius 1 is 1.33 bits per heavy atom. The van der Waals surface area contributed by atoms with Crippen molar-refractivity contribution in [3.8, 4) is 0 Å². The number of hydrogen-bond acceptors (Lipinski definition) is 3. The van der Waals surface area contributed by atoms with Gasteiger partial charge in [0.15, 0.2) is 0 Å². The molecule has 0 spiro atoms. The Labute approximate surface area is 142 Å². The summed E-state index contributed by atoms with van der Waals surface area (Å²) in [7, 11) is -3.81. The van der Waals surface area contributed by atoms with Gasteiger partial charge in [-0.15, -0.1) is 0 Å². The second-order valence-electron chi connectivity index (χ2n) is 5.01. The number of carbonyl (C=O) groups excluding carboxylic acids is 1. The summed E-state index contributed by atoms with van der Waals surface area (Å²) in [5, 5.41) is 0.138. The van der Waals surface area contributed by atoms with E-state index in [1.165, 1.54) is 23.4 Å². The minimum absolute atomic E-state index is 0.00269. The number of ketones is 1. The molecule has 1 saturated heterocycles. The van der Waals surface area contributed by atoms with Gasteiger partial charge in [-0.3, -0.25) is 4.79 Å². The van der Waals surface area contributed by atoms with E-state index in [1.807, 2.05) is 0 Å². The van der Waals surface area contributed by atoms with E-state index in [0.29, 0.717) is 23.9 Å². The average molecular weight is 415 g/mol. The van der Waals surface area contributed by atoms with Crippen molar-refractivity contribution in [2.75, 3.05) is 13.1 Å². The van der Waals surface area contributed by atoms with Gasteiger partial charge in [-0.2, -0.15) is 4.31 Å². The second-order valence-corrected chi connectivity index (χ2v) is 8.62. The summed E-state index contributed by atoms with van der Waals surface area (Å²) < 4.78 is 27.4. The number of Topliss-reactive ketones (excluding diaryl/α,β-unsaturated/α-hetero) is 1. The standard InChI is InChI=1S/C13H14BrCl2NO3S/c1-8(18)9-3-2-4-17(7-9)21(19,20)13-11(15)5-10(14)6-12(13)16/h5-6,9H,2-4,7H2,1H3. The van der Waals surface area contributed by atoms with Crippen LogP contribution in [0.15, 0.2) is 21.5 Å². The monoisotopic (exact) mass is 413 g/mol. The first-order valence-corrected chi connectivity index (χ1v) is 9.37. The molecule has 0 aromatic heterocycles. The lowest BCUT2D eigenvalue weighted by Gasteiger charge is -2.31. The van der Waals surface area contributed by atoms with Crippen molar-refractivity contribution in [3.05, 3.63) is 26.7 Å². The molecule has 4 nitrogen and oxygen atoms in total. The van der Waals surface area contributed by atoms with Crippen LogP contribution in [0.3, 0.4) is 0 Å². The Morgan fingerprint density at radius 2 is 1.90 bits per heavy atom. The molecule has 1 fully saturated rings. The molecule has 8 heteroatoms. The number of nitrogens with zero attached hydrogens (tertiary/aromatic N) is 1. The van der Waals surface area contributed by atoms with Crippen LogP contribution in [0.5, 0.6) is 0 Å². The van der Waals surface area contributed by atoms with Gasteiger partial charge in [-0.05, 0) is 31.9 Å². The third-order valence-electron chi connectivity index (χ3n) is 3.52. The number of hydrogen-bond donors (Lipinski definition) is 0. The third-order valence-corrected chi connectivity index (χ3v) is 6.77. The maximum atomic E-state index is 12.7. The largest absolute Gasteiger partial charge is 0.300 e. The SMILES string of the molecule is CC(=O)C1CCCN(S(=O)(=O)c2c(Cl)cc(Br)cc2Cl)C1. The average Bonchev–Trinajstić information content (AvgIpc) is 2.37. The number of piperidine rings is 1. The zero-order valence-corrected chi connectivity index (χ0v) is 15.2. The lowest BCUT2D eigenvalue weighted by Crippen LogP contribution is -2.42. The van der Waals surface area contributed by atoms with Crippen molar-refractivity contribution in [1.82, 2.24) is 4.31 Å². The van der Waals surface area contributed by atoms with Crippen LogP contribution in [0.4, 0.5) is 0 Å². The quantitative estimate of drug-likeness (QED) is 0.756. The fraction of sp³-hybridized carbons (Fsp3) is 0.462. The summed E-state index contributed by atoms with van der Waals surface area (Å²) in [6.07, 6.45) is 1.36. The van der Waals surface area contributed by atoms with E-state index < -0.39 is 10.0 Å². The molecule has 2 rings (SSSR count). The summed E-state index contributed by atoms with van der Waals surface area (Å²) >= 11 is 15.3. The van der Waals surface area contributed by atoms with E-state index in [4.69, 9.17) is 23.2 Å². The first-order valence-electron chi connectivity index (χ1n) is 6.38. The van der Waals surface area contributed by atoms with Crippen LogP contribution in [0.25, 0.3) is 0 Å². The number of sulfonamides is 1. The molecular weight excluding hydrogens is 401 g/mol. The minimum atomic E-state index is -3.81. The molecule has 1 aromatic carbocycles. The van der Waals surface area contributed by atoms with Crippen molar-refractivity contribution in [2.45, 2.75) is 24.7 Å². The molecular formula is C13H14BrCl2NO3S. The zero-order chi connectivity index (χ0) is 15.8. The predicted octanol–water partition coefficient (Wildman–Crippen LogP) is 3.75. The highest BCUT2D eigenvalue weighted by Crippen LogP contribution is 2.36. The van der Waals surface area contributed by atoms with E-state index in [1.54, 1.807) is 0 Å². The van der Waals surface area contributed by atoms with Crippen molar-refractivity contribution in [1.29, 1.82) is 0 Å². The van der Waals surface area contributed by atoms with Crippen LogP contribution in [0, 0.1) is 5.92 Å². The fourth-order valence-electron chi connectivity index (χ4n) is 2.40. The van der Waals surface area contributed by atoms with E-state index in [0.717, 1.165) is 0 Å². The van der Waals surface area contributed by atoms with Gasteiger partial charge in [0.1, 0.15) is 10.7 Å². The lowest BCUT2D eigenvalue weighted by molar-refractivity contribution is -0.121. The van der Waals surface area contributed by atoms with Gasteiger partial charge in [0.25, 0.3) is 0 Å². The summed E-state index contributed by atoms with van der Waals surface area (Å²) in [6, 6.07) is 2.99. The van der Waals surface area contributed by atoms with Gasteiger partial charge in [0.05, 0.1) is 10.0 Å². The highest BCUT2D eigenvalue weighted by Gasteiger charge is 2.34. The molecule has 1 unspecified atom stereocenters. The number of rotatable bonds is 3. The number of benzene rings is 1. The van der Waals surface area contributed by atoms with Crippen LogP contribution in [0.1, 0.15) is 19.8 Å². The highest BCUT2D eigenvalue weighted by molar-refractivity contribution is 9.10. The minimum Gasteiger partial charge on any atom is -0.300 e. The summed E-state index contributed by atoms with van der Waals surface area (Å²) in [5.41, 5.74) is 0. The van der Waals surface area contributed by atoms with E-state index in [2.05, 4.69) is 15.9 Å². The molecule has 0 amide bonds. The molecule has 0 radical (unpaired) electrons. The summed E-state index contributed by atoms with van der Waals surface area (Å²) in [4.78, 5) is 11.4. The van der Waals surface area contributed by atoms with E-state index in [9.17, 15) is 13.2 Å². The molecule has 0 saturated carbocycles. The molecule has 21 heavy (non-hydrogen) atoms. The molecule has 0 N–H and O–H groups in total. The molecule has 116 valence electrons. The fourth-order valence-corrected chi connectivity index (χ4v) is 5.81. The Morgan fingerprint density at radius 3 is 2.43 bits per heavy atom. The summed E-state index contributed by atoms with van der Waals surface area (Å²) in [6.45, 7) is 2.04. The van der Waals surface area contributed by atoms with Crippen LogP contribution in [0.2, 0.25) is 10.0 Å². The Kier molecular flexibility index (Phi) is 5.36. The highest BCUT2D eigenvalue weighted by atomic mass is 79.9. The molecule has 1 aliphatic rings. The lowest BCUT2D eigenvalue weighted by atomic mass is 9.96. The van der Waals surface area contributed by atoms with Crippen LogP contribution < -0.4 is 0 Å². The molecule has 0 aliphatic carbocycles. The molecule has 1 heterocycles. The van der Waals surface area contributed by atoms with Gasteiger partial charge >= 0.3 is 0 Å². The van der Waals surface area contributed by atoms with Crippen molar-refractivity contribution >= 4 is 54.9 Å². The number of carbonyl (C=O) groups is 1. The predicted molar refractivity (Wildman–Crippen MR) is 86.3 cm³/mol. The zero-order valence-electron chi connectivity index (χ0n) is 11.3. The Balaban J connectivity index is 2.41. The first-order chi connectivity index (χ1) is 9.73.